The minimum Gasteiger partial charge on any atom is -0.430 e. The van der Waals surface area contributed by atoms with Crippen molar-refractivity contribution < 1.29 is 9.22 Å². The van der Waals surface area contributed by atoms with E-state index in [1.54, 1.807) is 0 Å². The predicted octanol–water partition coefficient (Wildman–Crippen LogP) is 3.97. The van der Waals surface area contributed by atoms with Crippen LogP contribution < -0.4 is 0 Å². The van der Waals surface area contributed by atoms with Crippen LogP contribution in [0.15, 0.2) is 12.7 Å². The van der Waals surface area contributed by atoms with E-state index in [2.05, 4.69) is 25.7 Å². The van der Waals surface area contributed by atoms with Gasteiger partial charge in [0.1, 0.15) is 0 Å². The summed E-state index contributed by atoms with van der Waals surface area (Å²) in [7, 11) is -4.06. The van der Waals surface area contributed by atoms with Crippen LogP contribution in [0.4, 0.5) is 0 Å². The average molecular weight is 300 g/mol. The number of allylic oxidation sites excluding steroid dienone is 1. The lowest BCUT2D eigenvalue weighted by Crippen LogP contribution is -2.49. The van der Waals surface area contributed by atoms with Crippen molar-refractivity contribution in [1.82, 2.24) is 0 Å². The van der Waals surface area contributed by atoms with Crippen molar-refractivity contribution in [2.75, 3.05) is 0 Å². The van der Waals surface area contributed by atoms with E-state index in [0.717, 1.165) is 31.7 Å². The second-order valence-corrected chi connectivity index (χ2v) is 14.5. The molecule has 0 saturated carbocycles. The van der Waals surface area contributed by atoms with Gasteiger partial charge in [-0.25, -0.2) is 0 Å². The minimum absolute atomic E-state index is 0.0104. The largest absolute Gasteiger partial charge is 0.430 e. The van der Waals surface area contributed by atoms with Gasteiger partial charge in [0.2, 0.25) is 8.32 Å². The molecule has 0 aromatic heterocycles. The van der Waals surface area contributed by atoms with Gasteiger partial charge >= 0.3 is 0 Å². The molecule has 0 heterocycles. The van der Waals surface area contributed by atoms with Crippen LogP contribution in [0, 0.1) is 11.3 Å². The van der Waals surface area contributed by atoms with Gasteiger partial charge in [-0.3, -0.25) is 0 Å². The van der Waals surface area contributed by atoms with E-state index in [1.165, 1.54) is 0 Å². The van der Waals surface area contributed by atoms with E-state index in [-0.39, 0.29) is 5.73 Å². The first-order valence-corrected chi connectivity index (χ1v) is 13.2. The molecule has 0 amide bonds. The Morgan fingerprint density at radius 2 is 1.95 bits per heavy atom. The number of hydrogen-bond donors (Lipinski definition) is 1. The molecule has 5 heteroatoms. The topological polar surface area (TPSA) is 53.2 Å². The molecule has 0 aliphatic heterocycles. The Balaban J connectivity index is 4.44. The summed E-state index contributed by atoms with van der Waals surface area (Å²) in [4.78, 5) is 10.4. The van der Waals surface area contributed by atoms with Crippen LogP contribution in [-0.2, 0) is 4.43 Å². The third-order valence-electron chi connectivity index (χ3n) is 3.19. The summed E-state index contributed by atoms with van der Waals surface area (Å²) >= 11 is 0. The van der Waals surface area contributed by atoms with E-state index in [1.807, 2.05) is 19.2 Å². The molecule has 0 aromatic carbocycles. The van der Waals surface area contributed by atoms with Crippen molar-refractivity contribution in [1.29, 1.82) is 5.26 Å². The normalized spacial score (nSPS) is 13.9. The molecule has 1 unspecified atom stereocenters. The minimum atomic E-state index is -2.28. The number of hydrogen-bond acceptors (Lipinski definition) is 3. The molecular weight excluding hydrogens is 270 g/mol. The Bertz CT molecular complexity index is 306. The quantitative estimate of drug-likeness (QED) is 0.377. The summed E-state index contributed by atoms with van der Waals surface area (Å²) in [6.07, 6.45) is 6.33. The molecule has 0 aromatic rings. The van der Waals surface area contributed by atoms with Gasteiger partial charge in [-0.2, -0.15) is 5.26 Å². The zero-order valence-electron chi connectivity index (χ0n) is 12.9. The molecule has 0 radical (unpaired) electrons. The van der Waals surface area contributed by atoms with E-state index < -0.39 is 16.6 Å². The Hall–Kier alpha value is -0.416. The third-order valence-corrected chi connectivity index (χ3v) is 7.89. The Kier molecular flexibility index (Phi) is 8.50. The molecule has 0 fully saturated rings. The summed E-state index contributed by atoms with van der Waals surface area (Å²) in [5, 5.41) is 8.60. The number of unbranched alkanes of at least 4 members (excludes halogenated alkanes) is 2. The SMILES string of the molecule is C=CCCCC(O[Si](C)(C)CCCC#N)[Si](C)(C)O. The van der Waals surface area contributed by atoms with Crippen LogP contribution in [0.1, 0.15) is 32.1 Å². The van der Waals surface area contributed by atoms with Gasteiger partial charge < -0.3 is 9.22 Å². The molecule has 0 saturated heterocycles. The molecular formula is C14H29NO2Si2. The van der Waals surface area contributed by atoms with Gasteiger partial charge in [-0.1, -0.05) is 6.08 Å². The molecule has 1 N–H and O–H groups in total. The fourth-order valence-corrected chi connectivity index (χ4v) is 7.10. The van der Waals surface area contributed by atoms with Crippen LogP contribution >= 0.6 is 0 Å². The highest BCUT2D eigenvalue weighted by molar-refractivity contribution is 6.75. The maximum absolute atomic E-state index is 10.4. The van der Waals surface area contributed by atoms with Gasteiger partial charge in [0.25, 0.3) is 0 Å². The van der Waals surface area contributed by atoms with E-state index >= 15 is 0 Å². The molecule has 0 aliphatic rings. The second-order valence-electron chi connectivity index (χ2n) is 6.25. The summed E-state index contributed by atoms with van der Waals surface area (Å²) < 4.78 is 6.30. The van der Waals surface area contributed by atoms with Crippen molar-refractivity contribution in [3.63, 3.8) is 0 Å². The third kappa shape index (κ3) is 9.17. The maximum atomic E-state index is 10.4. The van der Waals surface area contributed by atoms with Crippen LogP contribution in [0.3, 0.4) is 0 Å². The first kappa shape index (κ1) is 18.6. The lowest BCUT2D eigenvalue weighted by Gasteiger charge is -2.35. The number of rotatable bonds is 10. The molecule has 19 heavy (non-hydrogen) atoms. The maximum Gasteiger partial charge on any atom is 0.209 e. The number of nitriles is 1. The van der Waals surface area contributed by atoms with Crippen molar-refractivity contribution in [2.24, 2.45) is 0 Å². The van der Waals surface area contributed by atoms with Crippen LogP contribution in [-0.4, -0.2) is 27.2 Å². The molecule has 0 rings (SSSR count). The monoisotopic (exact) mass is 299 g/mol. The van der Waals surface area contributed by atoms with E-state index in [4.69, 9.17) is 9.69 Å². The van der Waals surface area contributed by atoms with Crippen molar-refractivity contribution in [3.8, 4) is 6.07 Å². The molecule has 1 atom stereocenters. The predicted molar refractivity (Wildman–Crippen MR) is 85.8 cm³/mol. The van der Waals surface area contributed by atoms with Crippen LogP contribution in [0.2, 0.25) is 32.2 Å². The molecule has 3 nitrogen and oxygen atoms in total. The van der Waals surface area contributed by atoms with E-state index in [0.29, 0.717) is 6.42 Å². The average Bonchev–Trinajstić information content (AvgIpc) is 2.26. The Morgan fingerprint density at radius 1 is 1.32 bits per heavy atom. The smallest absolute Gasteiger partial charge is 0.209 e. The summed E-state index contributed by atoms with van der Waals surface area (Å²) in [6.45, 7) is 12.0. The van der Waals surface area contributed by atoms with Crippen molar-refractivity contribution in [3.05, 3.63) is 12.7 Å². The molecule has 0 spiro atoms. The molecule has 0 aliphatic carbocycles. The Labute approximate surface area is 120 Å². The van der Waals surface area contributed by atoms with Crippen molar-refractivity contribution >= 4 is 16.6 Å². The van der Waals surface area contributed by atoms with Gasteiger partial charge in [-0.15, -0.1) is 6.58 Å². The standard InChI is InChI=1S/C14H29NO2Si2/c1-6-7-8-11-14(19(4,5)16)17-18(2,3)13-10-9-12-15/h6,14,16H,1,7-11,13H2,2-5H3. The summed E-state index contributed by atoms with van der Waals surface area (Å²) in [5.41, 5.74) is 0.0104. The lowest BCUT2D eigenvalue weighted by atomic mass is 10.2. The van der Waals surface area contributed by atoms with E-state index in [9.17, 15) is 4.80 Å². The fourth-order valence-electron chi connectivity index (χ4n) is 2.04. The zero-order valence-corrected chi connectivity index (χ0v) is 14.9. The Morgan fingerprint density at radius 3 is 2.42 bits per heavy atom. The van der Waals surface area contributed by atoms with Gasteiger partial charge in [0.05, 0.1) is 11.8 Å². The van der Waals surface area contributed by atoms with Gasteiger partial charge in [0, 0.05) is 6.42 Å². The first-order valence-electron chi connectivity index (χ1n) is 7.11. The lowest BCUT2D eigenvalue weighted by molar-refractivity contribution is 0.223. The van der Waals surface area contributed by atoms with Gasteiger partial charge in [-0.05, 0) is 57.9 Å². The number of nitrogens with zero attached hydrogens (tertiary/aromatic N) is 1. The highest BCUT2D eigenvalue weighted by Crippen LogP contribution is 2.24. The van der Waals surface area contributed by atoms with Crippen LogP contribution in [0.5, 0.6) is 0 Å². The first-order chi connectivity index (χ1) is 8.73. The zero-order chi connectivity index (χ0) is 14.9. The van der Waals surface area contributed by atoms with Crippen molar-refractivity contribution in [2.45, 2.75) is 70.1 Å². The summed E-state index contributed by atoms with van der Waals surface area (Å²) in [5.74, 6) is 0. The molecule has 110 valence electrons. The van der Waals surface area contributed by atoms with Crippen LogP contribution in [0.25, 0.3) is 0 Å². The summed E-state index contributed by atoms with van der Waals surface area (Å²) in [6, 6.07) is 3.17. The van der Waals surface area contributed by atoms with Gasteiger partial charge in [0.15, 0.2) is 8.32 Å². The second kappa shape index (κ2) is 8.69. The highest BCUT2D eigenvalue weighted by atomic mass is 28.4. The molecule has 0 bridgehead atoms. The highest BCUT2D eigenvalue weighted by Gasteiger charge is 2.35. The fraction of sp³-hybridized carbons (Fsp3) is 0.786.